The molecule has 1 aromatic carbocycles. The number of hydrogen-bond donors (Lipinski definition) is 1. The van der Waals surface area contributed by atoms with Crippen LogP contribution >= 0.6 is 22.9 Å². The molecule has 0 spiro atoms. The lowest BCUT2D eigenvalue weighted by molar-refractivity contribution is -0.127. The van der Waals surface area contributed by atoms with E-state index < -0.39 is 6.10 Å². The van der Waals surface area contributed by atoms with Crippen molar-refractivity contribution in [2.75, 3.05) is 20.6 Å². The number of rotatable bonds is 7. The number of thiophene rings is 1. The molecule has 1 amide bonds. The number of benzene rings is 1. The second kappa shape index (κ2) is 8.34. The third-order valence-corrected chi connectivity index (χ3v) is 4.69. The van der Waals surface area contributed by atoms with Gasteiger partial charge in [0.2, 0.25) is 0 Å². The monoisotopic (exact) mass is 352 g/mol. The third kappa shape index (κ3) is 5.23. The molecule has 23 heavy (non-hydrogen) atoms. The number of carbonyl (C=O) groups is 1. The van der Waals surface area contributed by atoms with Crippen LogP contribution in [0, 0.1) is 0 Å². The molecule has 0 saturated heterocycles. The highest BCUT2D eigenvalue weighted by atomic mass is 35.5. The molecule has 0 aliphatic heterocycles. The average Bonchev–Trinajstić information content (AvgIpc) is 3.03. The molecule has 0 aliphatic carbocycles. The summed E-state index contributed by atoms with van der Waals surface area (Å²) in [5.74, 6) is 0.489. The number of nitrogens with one attached hydrogen (secondary N) is 1. The lowest BCUT2D eigenvalue weighted by atomic mass is 10.2. The number of halogens is 1. The summed E-state index contributed by atoms with van der Waals surface area (Å²) in [7, 11) is 4.01. The first-order valence-electron chi connectivity index (χ1n) is 7.37. The zero-order valence-corrected chi connectivity index (χ0v) is 15.0. The van der Waals surface area contributed by atoms with Gasteiger partial charge in [0.25, 0.3) is 5.91 Å². The summed E-state index contributed by atoms with van der Waals surface area (Å²) < 4.78 is 5.63. The standard InChI is InChI=1S/C17H21ClN2O2S/c1-12(22-14-8-6-13(18)7-9-14)17(21)19-11-15(20(2)3)16-5-4-10-23-16/h4-10,12,15H,11H2,1-3H3,(H,19,21). The summed E-state index contributed by atoms with van der Waals surface area (Å²) in [5, 5.41) is 5.64. The molecule has 1 N–H and O–H groups in total. The lowest BCUT2D eigenvalue weighted by Gasteiger charge is -2.24. The highest BCUT2D eigenvalue weighted by Crippen LogP contribution is 2.22. The first-order chi connectivity index (χ1) is 11.0. The Labute approximate surface area is 146 Å². The largest absolute Gasteiger partial charge is 0.481 e. The predicted octanol–water partition coefficient (Wildman–Crippen LogP) is 3.59. The number of likely N-dealkylation sites (N-methyl/N-ethyl adjacent to an activating group) is 1. The van der Waals surface area contributed by atoms with Crippen LogP contribution in [-0.4, -0.2) is 37.6 Å². The van der Waals surface area contributed by atoms with E-state index in [1.54, 1.807) is 42.5 Å². The Morgan fingerprint density at radius 2 is 2.00 bits per heavy atom. The Hall–Kier alpha value is -1.56. The van der Waals surface area contributed by atoms with Gasteiger partial charge in [-0.25, -0.2) is 0 Å². The Morgan fingerprint density at radius 1 is 1.30 bits per heavy atom. The zero-order valence-electron chi connectivity index (χ0n) is 13.5. The van der Waals surface area contributed by atoms with E-state index in [9.17, 15) is 4.79 Å². The molecular formula is C17H21ClN2O2S. The minimum absolute atomic E-state index is 0.136. The molecule has 0 bridgehead atoms. The first kappa shape index (κ1) is 17.8. The molecule has 0 radical (unpaired) electrons. The van der Waals surface area contributed by atoms with Crippen LogP contribution in [-0.2, 0) is 4.79 Å². The molecule has 2 aromatic rings. The maximum Gasteiger partial charge on any atom is 0.260 e. The Kier molecular flexibility index (Phi) is 6.45. The van der Waals surface area contributed by atoms with E-state index in [-0.39, 0.29) is 11.9 Å². The van der Waals surface area contributed by atoms with E-state index in [1.165, 1.54) is 4.88 Å². The van der Waals surface area contributed by atoms with Crippen molar-refractivity contribution in [3.8, 4) is 5.75 Å². The second-order valence-electron chi connectivity index (χ2n) is 5.45. The molecule has 2 rings (SSSR count). The van der Waals surface area contributed by atoms with Crippen molar-refractivity contribution < 1.29 is 9.53 Å². The van der Waals surface area contributed by atoms with Gasteiger partial charge in [-0.1, -0.05) is 17.7 Å². The normalized spacial score (nSPS) is 13.6. The molecular weight excluding hydrogens is 332 g/mol. The summed E-state index contributed by atoms with van der Waals surface area (Å²) in [6.45, 7) is 2.28. The van der Waals surface area contributed by atoms with Gasteiger partial charge in [-0.05, 0) is 56.7 Å². The van der Waals surface area contributed by atoms with Gasteiger partial charge in [-0.15, -0.1) is 11.3 Å². The van der Waals surface area contributed by atoms with Crippen LogP contribution in [0.1, 0.15) is 17.8 Å². The summed E-state index contributed by atoms with van der Waals surface area (Å²) in [4.78, 5) is 15.6. The summed E-state index contributed by atoms with van der Waals surface area (Å²) >= 11 is 7.52. The molecule has 2 unspecified atom stereocenters. The molecule has 0 aliphatic rings. The highest BCUT2D eigenvalue weighted by molar-refractivity contribution is 7.10. The van der Waals surface area contributed by atoms with E-state index in [0.717, 1.165) is 0 Å². The van der Waals surface area contributed by atoms with E-state index in [4.69, 9.17) is 16.3 Å². The smallest absolute Gasteiger partial charge is 0.260 e. The van der Waals surface area contributed by atoms with E-state index in [1.807, 2.05) is 25.5 Å². The first-order valence-corrected chi connectivity index (χ1v) is 8.63. The summed E-state index contributed by atoms with van der Waals surface area (Å²) in [6, 6.07) is 11.2. The summed E-state index contributed by atoms with van der Waals surface area (Å²) in [6.07, 6.45) is -0.567. The maximum atomic E-state index is 12.2. The Bertz CT molecular complexity index is 614. The van der Waals surface area contributed by atoms with Crippen molar-refractivity contribution in [2.24, 2.45) is 0 Å². The van der Waals surface area contributed by atoms with Crippen molar-refractivity contribution in [1.82, 2.24) is 10.2 Å². The van der Waals surface area contributed by atoms with Crippen LogP contribution < -0.4 is 10.1 Å². The third-order valence-electron chi connectivity index (χ3n) is 3.46. The van der Waals surface area contributed by atoms with Gasteiger partial charge in [-0.2, -0.15) is 0 Å². The molecule has 2 atom stereocenters. The van der Waals surface area contributed by atoms with Crippen LogP contribution in [0.25, 0.3) is 0 Å². The number of amides is 1. The van der Waals surface area contributed by atoms with Gasteiger partial charge in [0.15, 0.2) is 6.10 Å². The van der Waals surface area contributed by atoms with Gasteiger partial charge < -0.3 is 15.0 Å². The fourth-order valence-electron chi connectivity index (χ4n) is 2.13. The van der Waals surface area contributed by atoms with Crippen LogP contribution in [0.2, 0.25) is 5.02 Å². The van der Waals surface area contributed by atoms with Crippen LogP contribution in [0.15, 0.2) is 41.8 Å². The molecule has 1 heterocycles. The van der Waals surface area contributed by atoms with Crippen molar-refractivity contribution in [1.29, 1.82) is 0 Å². The Morgan fingerprint density at radius 3 is 2.57 bits per heavy atom. The highest BCUT2D eigenvalue weighted by Gasteiger charge is 2.19. The van der Waals surface area contributed by atoms with Crippen molar-refractivity contribution in [3.63, 3.8) is 0 Å². The fourth-order valence-corrected chi connectivity index (χ4v) is 3.18. The van der Waals surface area contributed by atoms with Gasteiger partial charge in [-0.3, -0.25) is 4.79 Å². The van der Waals surface area contributed by atoms with Gasteiger partial charge in [0.1, 0.15) is 5.75 Å². The maximum absolute atomic E-state index is 12.2. The second-order valence-corrected chi connectivity index (χ2v) is 6.87. The van der Waals surface area contributed by atoms with Crippen molar-refractivity contribution >= 4 is 28.8 Å². The molecule has 4 nitrogen and oxygen atoms in total. The van der Waals surface area contributed by atoms with E-state index in [2.05, 4.69) is 16.3 Å². The molecule has 1 aromatic heterocycles. The van der Waals surface area contributed by atoms with Gasteiger partial charge in [0.05, 0.1) is 6.04 Å². The van der Waals surface area contributed by atoms with Gasteiger partial charge >= 0.3 is 0 Å². The summed E-state index contributed by atoms with van der Waals surface area (Å²) in [5.41, 5.74) is 0. The van der Waals surface area contributed by atoms with E-state index >= 15 is 0 Å². The fraction of sp³-hybridized carbons (Fsp3) is 0.353. The minimum Gasteiger partial charge on any atom is -0.481 e. The molecule has 124 valence electrons. The molecule has 0 saturated carbocycles. The lowest BCUT2D eigenvalue weighted by Crippen LogP contribution is -2.40. The topological polar surface area (TPSA) is 41.6 Å². The zero-order chi connectivity index (χ0) is 16.8. The van der Waals surface area contributed by atoms with Crippen LogP contribution in [0.3, 0.4) is 0 Å². The van der Waals surface area contributed by atoms with Crippen LogP contribution in [0.4, 0.5) is 0 Å². The SMILES string of the molecule is CC(Oc1ccc(Cl)cc1)C(=O)NCC(c1cccs1)N(C)C. The van der Waals surface area contributed by atoms with Crippen LogP contribution in [0.5, 0.6) is 5.75 Å². The van der Waals surface area contributed by atoms with Crippen molar-refractivity contribution in [3.05, 3.63) is 51.7 Å². The quantitative estimate of drug-likeness (QED) is 0.828. The number of ether oxygens (including phenoxy) is 1. The number of hydrogen-bond acceptors (Lipinski definition) is 4. The molecule has 0 fully saturated rings. The average molecular weight is 353 g/mol. The Balaban J connectivity index is 1.88. The van der Waals surface area contributed by atoms with Crippen molar-refractivity contribution in [2.45, 2.75) is 19.1 Å². The van der Waals surface area contributed by atoms with Gasteiger partial charge in [0, 0.05) is 16.4 Å². The molecule has 6 heteroatoms. The number of carbonyl (C=O) groups excluding carboxylic acids is 1. The number of nitrogens with zero attached hydrogens (tertiary/aromatic N) is 1. The van der Waals surface area contributed by atoms with E-state index in [0.29, 0.717) is 17.3 Å². The minimum atomic E-state index is -0.567. The predicted molar refractivity (Wildman–Crippen MR) is 95.3 cm³/mol.